The van der Waals surface area contributed by atoms with Gasteiger partial charge in [-0.3, -0.25) is 14.4 Å². The largest absolute Gasteiger partial charge is 0.368 e. The van der Waals surface area contributed by atoms with E-state index in [4.69, 9.17) is 5.73 Å². The van der Waals surface area contributed by atoms with Crippen LogP contribution in [0.4, 0.5) is 0 Å². The van der Waals surface area contributed by atoms with Gasteiger partial charge >= 0.3 is 0 Å². The van der Waals surface area contributed by atoms with Crippen molar-refractivity contribution in [2.24, 2.45) is 23.0 Å². The highest BCUT2D eigenvalue weighted by atomic mass is 16.2. The first-order valence-corrected chi connectivity index (χ1v) is 8.22. The minimum Gasteiger partial charge on any atom is -0.368 e. The van der Waals surface area contributed by atoms with Gasteiger partial charge in [-0.05, 0) is 24.7 Å². The van der Waals surface area contributed by atoms with Gasteiger partial charge in [-0.25, -0.2) is 0 Å². The van der Waals surface area contributed by atoms with Gasteiger partial charge in [0.2, 0.25) is 11.8 Å². The topological polar surface area (TPSA) is 80.5 Å². The number of amides is 2. The maximum atomic E-state index is 12.9. The summed E-state index contributed by atoms with van der Waals surface area (Å²) in [6, 6.07) is -0.518. The quantitative estimate of drug-likeness (QED) is 0.816. The van der Waals surface area contributed by atoms with Crippen LogP contribution in [0.1, 0.15) is 60.3 Å². The van der Waals surface area contributed by atoms with Crippen LogP contribution in [0.2, 0.25) is 0 Å². The molecule has 0 saturated carbocycles. The molecule has 2 amide bonds. The van der Waals surface area contributed by atoms with Crippen molar-refractivity contribution in [3.63, 3.8) is 0 Å². The standard InChI is InChI=1S/C17H30N2O3/c1-6-11(2)14(20)10-12(17(3,4)5)16(22)19-9-7-8-13(19)15(18)21/h11-13H,6-10H2,1-5H3,(H2,18,21)/t11?,12-,13+/m1/s1. The van der Waals surface area contributed by atoms with Crippen molar-refractivity contribution in [3.05, 3.63) is 0 Å². The summed E-state index contributed by atoms with van der Waals surface area (Å²) < 4.78 is 0. The van der Waals surface area contributed by atoms with Crippen LogP contribution in [0, 0.1) is 17.3 Å². The van der Waals surface area contributed by atoms with Gasteiger partial charge < -0.3 is 10.6 Å². The third-order valence-electron chi connectivity index (χ3n) is 4.78. The highest BCUT2D eigenvalue weighted by molar-refractivity contribution is 5.91. The number of carbonyl (C=O) groups excluding carboxylic acids is 3. The molecule has 0 aliphatic carbocycles. The van der Waals surface area contributed by atoms with Crippen LogP contribution in [-0.2, 0) is 14.4 Å². The molecule has 1 aliphatic heterocycles. The van der Waals surface area contributed by atoms with E-state index in [0.717, 1.165) is 12.8 Å². The summed E-state index contributed by atoms with van der Waals surface area (Å²) in [6.45, 7) is 10.3. The Morgan fingerprint density at radius 1 is 1.27 bits per heavy atom. The molecular weight excluding hydrogens is 280 g/mol. The SMILES string of the molecule is CCC(C)C(=O)C[C@H](C(=O)N1CCC[C@H]1C(N)=O)C(C)(C)C. The number of primary amides is 1. The van der Waals surface area contributed by atoms with Crippen molar-refractivity contribution in [3.8, 4) is 0 Å². The van der Waals surface area contributed by atoms with Crippen LogP contribution in [0.15, 0.2) is 0 Å². The van der Waals surface area contributed by atoms with Crippen LogP contribution >= 0.6 is 0 Å². The van der Waals surface area contributed by atoms with Crippen molar-refractivity contribution in [2.75, 3.05) is 6.54 Å². The molecular formula is C17H30N2O3. The predicted molar refractivity (Wildman–Crippen MR) is 86.0 cm³/mol. The Balaban J connectivity index is 2.95. The third-order valence-corrected chi connectivity index (χ3v) is 4.78. The van der Waals surface area contributed by atoms with Crippen LogP contribution < -0.4 is 5.73 Å². The van der Waals surface area contributed by atoms with E-state index in [9.17, 15) is 14.4 Å². The number of likely N-dealkylation sites (tertiary alicyclic amines) is 1. The second kappa shape index (κ2) is 7.25. The average molecular weight is 310 g/mol. The van der Waals surface area contributed by atoms with Crippen molar-refractivity contribution in [1.82, 2.24) is 4.90 Å². The molecule has 1 unspecified atom stereocenters. The molecule has 1 aliphatic rings. The Labute approximate surface area is 133 Å². The van der Waals surface area contributed by atoms with E-state index in [2.05, 4.69) is 0 Å². The van der Waals surface area contributed by atoms with Gasteiger partial charge in [0.15, 0.2) is 0 Å². The second-order valence-corrected chi connectivity index (χ2v) is 7.49. The fraction of sp³-hybridized carbons (Fsp3) is 0.824. The van der Waals surface area contributed by atoms with E-state index >= 15 is 0 Å². The number of nitrogens with two attached hydrogens (primary N) is 1. The smallest absolute Gasteiger partial charge is 0.240 e. The van der Waals surface area contributed by atoms with Gasteiger partial charge in [-0.2, -0.15) is 0 Å². The van der Waals surface area contributed by atoms with Crippen molar-refractivity contribution in [1.29, 1.82) is 0 Å². The van der Waals surface area contributed by atoms with E-state index in [1.165, 1.54) is 0 Å². The number of rotatable bonds is 6. The molecule has 126 valence electrons. The van der Waals surface area contributed by atoms with Crippen LogP contribution in [-0.4, -0.2) is 35.1 Å². The molecule has 22 heavy (non-hydrogen) atoms. The van der Waals surface area contributed by atoms with Gasteiger partial charge in [0.1, 0.15) is 11.8 Å². The molecule has 0 aromatic carbocycles. The lowest BCUT2D eigenvalue weighted by molar-refractivity contribution is -0.146. The molecule has 1 saturated heterocycles. The van der Waals surface area contributed by atoms with E-state index in [-0.39, 0.29) is 29.4 Å². The molecule has 1 rings (SSSR count). The zero-order chi connectivity index (χ0) is 17.1. The number of hydrogen-bond donors (Lipinski definition) is 1. The second-order valence-electron chi connectivity index (χ2n) is 7.49. The molecule has 2 N–H and O–H groups in total. The summed E-state index contributed by atoms with van der Waals surface area (Å²) in [5.41, 5.74) is 5.08. The lowest BCUT2D eigenvalue weighted by Gasteiger charge is -2.34. The van der Waals surface area contributed by atoms with Crippen molar-refractivity contribution in [2.45, 2.75) is 66.3 Å². The molecule has 0 spiro atoms. The van der Waals surface area contributed by atoms with Crippen molar-refractivity contribution >= 4 is 17.6 Å². The first-order valence-electron chi connectivity index (χ1n) is 8.22. The third kappa shape index (κ3) is 4.31. The van der Waals surface area contributed by atoms with E-state index in [1.54, 1.807) is 4.90 Å². The molecule has 0 bridgehead atoms. The number of carbonyl (C=O) groups is 3. The summed E-state index contributed by atoms with van der Waals surface area (Å²) >= 11 is 0. The molecule has 1 heterocycles. The van der Waals surface area contributed by atoms with Crippen LogP contribution in [0.3, 0.4) is 0 Å². The molecule has 0 radical (unpaired) electrons. The molecule has 1 fully saturated rings. The van der Waals surface area contributed by atoms with Gasteiger partial charge in [0.05, 0.1) is 0 Å². The first-order chi connectivity index (χ1) is 10.1. The lowest BCUT2D eigenvalue weighted by Crippen LogP contribution is -2.49. The van der Waals surface area contributed by atoms with Gasteiger partial charge in [0, 0.05) is 24.8 Å². The highest BCUT2D eigenvalue weighted by Gasteiger charge is 2.41. The summed E-state index contributed by atoms with van der Waals surface area (Å²) in [5.74, 6) is -0.889. The van der Waals surface area contributed by atoms with Crippen LogP contribution in [0.5, 0.6) is 0 Å². The zero-order valence-electron chi connectivity index (χ0n) is 14.5. The lowest BCUT2D eigenvalue weighted by atomic mass is 9.75. The Morgan fingerprint density at radius 3 is 2.32 bits per heavy atom. The summed E-state index contributed by atoms with van der Waals surface area (Å²) in [6.07, 6.45) is 2.42. The fourth-order valence-corrected chi connectivity index (χ4v) is 2.92. The van der Waals surface area contributed by atoms with E-state index in [1.807, 2.05) is 34.6 Å². The molecule has 3 atom stereocenters. The minimum absolute atomic E-state index is 0.0387. The van der Waals surface area contributed by atoms with Crippen molar-refractivity contribution < 1.29 is 14.4 Å². The normalized spacial score (nSPS) is 21.5. The Hall–Kier alpha value is -1.39. The van der Waals surface area contributed by atoms with Crippen LogP contribution in [0.25, 0.3) is 0 Å². The Bertz CT molecular complexity index is 440. The Kier molecular flexibility index (Phi) is 6.15. The summed E-state index contributed by atoms with van der Waals surface area (Å²) in [4.78, 5) is 38.3. The molecule has 0 aromatic heterocycles. The Morgan fingerprint density at radius 2 is 1.86 bits per heavy atom. The molecule has 5 heteroatoms. The number of ketones is 1. The minimum atomic E-state index is -0.518. The number of hydrogen-bond acceptors (Lipinski definition) is 3. The fourth-order valence-electron chi connectivity index (χ4n) is 2.92. The van der Waals surface area contributed by atoms with Gasteiger partial charge in [0.25, 0.3) is 0 Å². The monoisotopic (exact) mass is 310 g/mol. The number of Topliss-reactive ketones (excluding diaryl/α,β-unsaturated/α-hetero) is 1. The summed E-state index contributed by atoms with van der Waals surface area (Å²) in [7, 11) is 0. The van der Waals surface area contributed by atoms with Gasteiger partial charge in [-0.1, -0.05) is 34.6 Å². The molecule has 5 nitrogen and oxygen atoms in total. The maximum absolute atomic E-state index is 12.9. The van der Waals surface area contributed by atoms with Gasteiger partial charge in [-0.15, -0.1) is 0 Å². The number of nitrogens with zero attached hydrogens (tertiary/aromatic N) is 1. The molecule has 0 aromatic rings. The van der Waals surface area contributed by atoms with E-state index in [0.29, 0.717) is 13.0 Å². The predicted octanol–water partition coefficient (Wildman–Crippen LogP) is 2.13. The summed E-state index contributed by atoms with van der Waals surface area (Å²) in [5, 5.41) is 0. The highest BCUT2D eigenvalue weighted by Crippen LogP contribution is 2.34. The maximum Gasteiger partial charge on any atom is 0.240 e. The van der Waals surface area contributed by atoms with E-state index < -0.39 is 17.9 Å². The average Bonchev–Trinajstić information content (AvgIpc) is 2.91. The zero-order valence-corrected chi connectivity index (χ0v) is 14.5. The first kappa shape index (κ1) is 18.7.